The van der Waals surface area contributed by atoms with E-state index in [0.717, 1.165) is 30.1 Å². The van der Waals surface area contributed by atoms with Crippen LogP contribution in [-0.4, -0.2) is 16.3 Å². The molecule has 0 aliphatic carbocycles. The topological polar surface area (TPSA) is 29.9 Å². The average Bonchev–Trinajstić information content (AvgIpc) is 2.60. The molecule has 4 heteroatoms. The summed E-state index contributed by atoms with van der Waals surface area (Å²) in [6.45, 7) is 7.70. The first-order chi connectivity index (χ1) is 8.06. The van der Waals surface area contributed by atoms with Crippen LogP contribution in [0.5, 0.6) is 0 Å². The molecule has 1 aromatic rings. The molecule has 1 unspecified atom stereocenters. The molecular formula is C13H24ClN3. The number of nitrogens with one attached hydrogen (secondary N) is 1. The maximum atomic E-state index is 6.21. The predicted molar refractivity (Wildman–Crippen MR) is 73.3 cm³/mol. The highest BCUT2D eigenvalue weighted by Crippen LogP contribution is 2.26. The third kappa shape index (κ3) is 4.32. The first-order valence-corrected chi connectivity index (χ1v) is 6.84. The number of hydrogen-bond donors (Lipinski definition) is 1. The summed E-state index contributed by atoms with van der Waals surface area (Å²) in [5, 5.41) is 8.55. The van der Waals surface area contributed by atoms with Crippen LogP contribution in [0, 0.1) is 5.92 Å². The SMILES string of the molecule is CCCNC(CCC(C)C)c1c(Cl)cnn1C. The van der Waals surface area contributed by atoms with Gasteiger partial charge in [0.05, 0.1) is 23.0 Å². The van der Waals surface area contributed by atoms with Crippen LogP contribution >= 0.6 is 11.6 Å². The molecular weight excluding hydrogens is 234 g/mol. The van der Waals surface area contributed by atoms with Gasteiger partial charge in [0, 0.05) is 7.05 Å². The molecule has 0 saturated heterocycles. The molecule has 17 heavy (non-hydrogen) atoms. The Labute approximate surface area is 110 Å². The number of hydrogen-bond acceptors (Lipinski definition) is 2. The molecule has 1 atom stereocenters. The van der Waals surface area contributed by atoms with Gasteiger partial charge >= 0.3 is 0 Å². The van der Waals surface area contributed by atoms with Crippen molar-refractivity contribution in [3.05, 3.63) is 16.9 Å². The summed E-state index contributed by atoms with van der Waals surface area (Å²) in [5.41, 5.74) is 1.11. The molecule has 1 N–H and O–H groups in total. The second-order valence-electron chi connectivity index (χ2n) is 4.98. The van der Waals surface area contributed by atoms with Gasteiger partial charge < -0.3 is 5.32 Å². The summed E-state index contributed by atoms with van der Waals surface area (Å²) in [4.78, 5) is 0. The quantitative estimate of drug-likeness (QED) is 0.810. The lowest BCUT2D eigenvalue weighted by molar-refractivity contribution is 0.421. The fourth-order valence-electron chi connectivity index (χ4n) is 1.97. The van der Waals surface area contributed by atoms with Crippen molar-refractivity contribution < 1.29 is 0 Å². The number of aryl methyl sites for hydroxylation is 1. The zero-order valence-corrected chi connectivity index (χ0v) is 12.1. The summed E-state index contributed by atoms with van der Waals surface area (Å²) < 4.78 is 1.88. The van der Waals surface area contributed by atoms with Gasteiger partial charge in [0.1, 0.15) is 0 Å². The van der Waals surface area contributed by atoms with E-state index in [0.29, 0.717) is 12.0 Å². The van der Waals surface area contributed by atoms with Gasteiger partial charge in [-0.1, -0.05) is 32.4 Å². The Bertz CT molecular complexity index is 314. The fraction of sp³-hybridized carbons (Fsp3) is 0.769. The number of rotatable bonds is 7. The molecule has 0 bridgehead atoms. The predicted octanol–water partition coefficient (Wildman–Crippen LogP) is 3.55. The smallest absolute Gasteiger partial charge is 0.0833 e. The molecule has 0 spiro atoms. The molecule has 98 valence electrons. The van der Waals surface area contributed by atoms with Crippen molar-refractivity contribution in [3.63, 3.8) is 0 Å². The second-order valence-corrected chi connectivity index (χ2v) is 5.39. The Morgan fingerprint density at radius 3 is 2.59 bits per heavy atom. The largest absolute Gasteiger partial charge is 0.309 e. The molecule has 0 aromatic carbocycles. The van der Waals surface area contributed by atoms with Crippen LogP contribution in [0.1, 0.15) is 51.8 Å². The van der Waals surface area contributed by atoms with Crippen LogP contribution in [0.3, 0.4) is 0 Å². The Morgan fingerprint density at radius 2 is 2.12 bits per heavy atom. The molecule has 3 nitrogen and oxygen atoms in total. The van der Waals surface area contributed by atoms with Gasteiger partial charge in [-0.15, -0.1) is 0 Å². The molecule has 1 heterocycles. The van der Waals surface area contributed by atoms with Crippen molar-refractivity contribution in [1.82, 2.24) is 15.1 Å². The molecule has 0 radical (unpaired) electrons. The molecule has 0 aliphatic rings. The first kappa shape index (κ1) is 14.5. The van der Waals surface area contributed by atoms with E-state index in [1.165, 1.54) is 6.42 Å². The van der Waals surface area contributed by atoms with E-state index in [4.69, 9.17) is 11.6 Å². The zero-order chi connectivity index (χ0) is 12.8. The van der Waals surface area contributed by atoms with Crippen LogP contribution < -0.4 is 5.32 Å². The van der Waals surface area contributed by atoms with E-state index in [1.54, 1.807) is 6.20 Å². The third-order valence-corrected chi connectivity index (χ3v) is 3.23. The molecule has 0 amide bonds. The van der Waals surface area contributed by atoms with E-state index in [-0.39, 0.29) is 0 Å². The molecule has 1 aromatic heterocycles. The van der Waals surface area contributed by atoms with Gasteiger partial charge in [0.25, 0.3) is 0 Å². The summed E-state index contributed by atoms with van der Waals surface area (Å²) in [6, 6.07) is 0.317. The Kier molecular flexibility index (Phi) is 6.00. The molecule has 0 aliphatic heterocycles. The first-order valence-electron chi connectivity index (χ1n) is 6.47. The lowest BCUT2D eigenvalue weighted by atomic mass is 10.0. The van der Waals surface area contributed by atoms with Gasteiger partial charge in [0.2, 0.25) is 0 Å². The molecule has 0 fully saturated rings. The maximum absolute atomic E-state index is 6.21. The number of aromatic nitrogens is 2. The fourth-order valence-corrected chi connectivity index (χ4v) is 2.26. The molecule has 0 saturated carbocycles. The van der Waals surface area contributed by atoms with Gasteiger partial charge in [-0.05, 0) is 31.7 Å². The van der Waals surface area contributed by atoms with Crippen molar-refractivity contribution in [3.8, 4) is 0 Å². The van der Waals surface area contributed by atoms with Crippen molar-refractivity contribution in [2.45, 2.75) is 46.1 Å². The zero-order valence-electron chi connectivity index (χ0n) is 11.3. The van der Waals surface area contributed by atoms with Gasteiger partial charge in [-0.2, -0.15) is 5.10 Å². The minimum atomic E-state index is 0.317. The third-order valence-electron chi connectivity index (χ3n) is 2.94. The average molecular weight is 258 g/mol. The van der Waals surface area contributed by atoms with Crippen LogP contribution in [0.25, 0.3) is 0 Å². The van der Waals surface area contributed by atoms with Gasteiger partial charge in [-0.3, -0.25) is 4.68 Å². The summed E-state index contributed by atoms with van der Waals surface area (Å²) in [7, 11) is 1.96. The van der Waals surface area contributed by atoms with Crippen molar-refractivity contribution in [2.24, 2.45) is 13.0 Å². The van der Waals surface area contributed by atoms with Crippen LogP contribution in [-0.2, 0) is 7.05 Å². The monoisotopic (exact) mass is 257 g/mol. The molecule has 1 rings (SSSR count). The van der Waals surface area contributed by atoms with Gasteiger partial charge in [0.15, 0.2) is 0 Å². The highest BCUT2D eigenvalue weighted by molar-refractivity contribution is 6.31. The lowest BCUT2D eigenvalue weighted by Crippen LogP contribution is -2.25. The van der Waals surface area contributed by atoms with E-state index in [9.17, 15) is 0 Å². The summed E-state index contributed by atoms with van der Waals surface area (Å²) in [5.74, 6) is 0.716. The van der Waals surface area contributed by atoms with Crippen LogP contribution in [0.4, 0.5) is 0 Å². The van der Waals surface area contributed by atoms with Crippen molar-refractivity contribution in [1.29, 1.82) is 0 Å². The van der Waals surface area contributed by atoms with E-state index in [2.05, 4.69) is 31.2 Å². The van der Waals surface area contributed by atoms with E-state index >= 15 is 0 Å². The summed E-state index contributed by atoms with van der Waals surface area (Å²) in [6.07, 6.45) is 5.17. The lowest BCUT2D eigenvalue weighted by Gasteiger charge is -2.20. The number of halogens is 1. The maximum Gasteiger partial charge on any atom is 0.0833 e. The van der Waals surface area contributed by atoms with Crippen molar-refractivity contribution in [2.75, 3.05) is 6.54 Å². The van der Waals surface area contributed by atoms with Crippen molar-refractivity contribution >= 4 is 11.6 Å². The normalized spacial score (nSPS) is 13.3. The van der Waals surface area contributed by atoms with E-state index in [1.807, 2.05) is 11.7 Å². The highest BCUT2D eigenvalue weighted by Gasteiger charge is 2.18. The Hall–Kier alpha value is -0.540. The Balaban J connectivity index is 2.74. The van der Waals surface area contributed by atoms with E-state index < -0.39 is 0 Å². The minimum Gasteiger partial charge on any atom is -0.309 e. The van der Waals surface area contributed by atoms with Crippen LogP contribution in [0.2, 0.25) is 5.02 Å². The van der Waals surface area contributed by atoms with Gasteiger partial charge in [-0.25, -0.2) is 0 Å². The van der Waals surface area contributed by atoms with Crippen LogP contribution in [0.15, 0.2) is 6.20 Å². The second kappa shape index (κ2) is 7.02. The summed E-state index contributed by atoms with van der Waals surface area (Å²) >= 11 is 6.21. The minimum absolute atomic E-state index is 0.317. The Morgan fingerprint density at radius 1 is 1.41 bits per heavy atom. The standard InChI is InChI=1S/C13H24ClN3/c1-5-8-15-12(7-6-10(2)3)13-11(14)9-16-17(13)4/h9-10,12,15H,5-8H2,1-4H3. The highest BCUT2D eigenvalue weighted by atomic mass is 35.5. The number of nitrogens with zero attached hydrogens (tertiary/aromatic N) is 2.